The first-order valence-electron chi connectivity index (χ1n) is 10.2. The number of guanidine groups is 1. The van der Waals surface area contributed by atoms with Crippen molar-refractivity contribution >= 4 is 17.9 Å². The zero-order valence-electron chi connectivity index (χ0n) is 18.0. The van der Waals surface area contributed by atoms with E-state index >= 15 is 0 Å². The maximum Gasteiger partial charge on any atom is 0.328 e. The number of fused-ring (bicyclic) bond motifs is 3. The van der Waals surface area contributed by atoms with Gasteiger partial charge in [0.1, 0.15) is 0 Å². The van der Waals surface area contributed by atoms with Crippen LogP contribution in [0.15, 0.2) is 40.7 Å². The van der Waals surface area contributed by atoms with Gasteiger partial charge >= 0.3 is 6.03 Å². The minimum absolute atomic E-state index is 0.184. The first-order valence-corrected chi connectivity index (χ1v) is 10.2. The molecule has 3 heterocycles. The van der Waals surface area contributed by atoms with E-state index in [1.54, 1.807) is 11.9 Å². The third-order valence-electron chi connectivity index (χ3n) is 6.39. The van der Waals surface area contributed by atoms with Crippen molar-refractivity contribution in [2.24, 2.45) is 4.99 Å². The van der Waals surface area contributed by atoms with Crippen LogP contribution in [-0.4, -0.2) is 62.8 Å². The summed E-state index contributed by atoms with van der Waals surface area (Å²) < 4.78 is 0. The molecule has 3 aliphatic rings. The molecule has 1 fully saturated rings. The van der Waals surface area contributed by atoms with Crippen LogP contribution in [0.25, 0.3) is 0 Å². The predicted molar refractivity (Wildman–Crippen MR) is 112 cm³/mol. The zero-order valence-corrected chi connectivity index (χ0v) is 18.0. The second kappa shape index (κ2) is 6.90. The lowest BCUT2D eigenvalue weighted by molar-refractivity contribution is -0.137. The van der Waals surface area contributed by atoms with Crippen LogP contribution in [0, 0.1) is 6.92 Å². The normalized spacial score (nSPS) is 25.0. The number of urea groups is 1. The van der Waals surface area contributed by atoms with Crippen molar-refractivity contribution in [1.82, 2.24) is 19.6 Å². The molecule has 0 N–H and O–H groups in total. The quantitative estimate of drug-likeness (QED) is 0.786. The van der Waals surface area contributed by atoms with Gasteiger partial charge in [0, 0.05) is 24.5 Å². The van der Waals surface area contributed by atoms with Crippen LogP contribution in [0.5, 0.6) is 0 Å². The summed E-state index contributed by atoms with van der Waals surface area (Å²) in [5.74, 6) is 0.603. The van der Waals surface area contributed by atoms with Crippen molar-refractivity contribution in [2.75, 3.05) is 7.05 Å². The van der Waals surface area contributed by atoms with Gasteiger partial charge in [0.2, 0.25) is 5.96 Å². The van der Waals surface area contributed by atoms with E-state index in [0.29, 0.717) is 0 Å². The summed E-state index contributed by atoms with van der Waals surface area (Å²) in [6, 6.07) is 7.39. The number of amides is 3. The van der Waals surface area contributed by atoms with Crippen molar-refractivity contribution in [1.29, 1.82) is 0 Å². The van der Waals surface area contributed by atoms with Gasteiger partial charge in [-0.1, -0.05) is 36.8 Å². The van der Waals surface area contributed by atoms with Crippen molar-refractivity contribution in [2.45, 2.75) is 65.8 Å². The number of nitrogens with zero attached hydrogens (tertiary/aromatic N) is 5. The number of allylic oxidation sites excluding steroid dienone is 2. The Bertz CT molecular complexity index is 937. The molecule has 3 unspecified atom stereocenters. The number of carbonyl (C=O) groups excluding carboxylic acids is 2. The zero-order chi connectivity index (χ0) is 21.0. The molecule has 4 rings (SSSR count). The number of imide groups is 1. The second-order valence-corrected chi connectivity index (χ2v) is 8.26. The molecule has 1 saturated heterocycles. The maximum absolute atomic E-state index is 13.5. The summed E-state index contributed by atoms with van der Waals surface area (Å²) in [6.07, 6.45) is 0.475. The van der Waals surface area contributed by atoms with Gasteiger partial charge in [-0.25, -0.2) is 9.79 Å². The fourth-order valence-corrected chi connectivity index (χ4v) is 4.49. The number of benzene rings is 1. The van der Waals surface area contributed by atoms with Gasteiger partial charge in [0.25, 0.3) is 5.91 Å². The average Bonchev–Trinajstić information content (AvgIpc) is 3.19. The molecule has 1 aromatic carbocycles. The Kier molecular flexibility index (Phi) is 4.63. The lowest BCUT2D eigenvalue weighted by Crippen LogP contribution is -2.64. The van der Waals surface area contributed by atoms with Gasteiger partial charge in [-0.2, -0.15) is 0 Å². The summed E-state index contributed by atoms with van der Waals surface area (Å²) in [7, 11) is 1.74. The Morgan fingerprint density at radius 2 is 1.86 bits per heavy atom. The smallest absolute Gasteiger partial charge is 0.312 e. The SMILES string of the molecule is CCC(C)N1C2=NC3C(C(=O)N(Cc4cccc(C)c4)C(=O)N3C)N2C(C)=C1C. The Labute approximate surface area is 172 Å². The van der Waals surface area contributed by atoms with E-state index < -0.39 is 12.2 Å². The van der Waals surface area contributed by atoms with E-state index in [2.05, 4.69) is 25.7 Å². The van der Waals surface area contributed by atoms with E-state index in [1.165, 1.54) is 4.90 Å². The molecule has 29 heavy (non-hydrogen) atoms. The Balaban J connectivity index is 1.69. The number of aliphatic imine (C=N–C) groups is 1. The van der Waals surface area contributed by atoms with Crippen LogP contribution in [0.4, 0.5) is 4.79 Å². The third kappa shape index (κ3) is 2.82. The van der Waals surface area contributed by atoms with E-state index in [1.807, 2.05) is 43.0 Å². The van der Waals surface area contributed by atoms with Gasteiger partial charge in [-0.15, -0.1) is 0 Å². The molecule has 0 aliphatic carbocycles. The van der Waals surface area contributed by atoms with Crippen LogP contribution in [0.2, 0.25) is 0 Å². The number of hydrogen-bond acceptors (Lipinski definition) is 5. The van der Waals surface area contributed by atoms with Crippen LogP contribution in [0.3, 0.4) is 0 Å². The number of aryl methyl sites for hydroxylation is 1. The number of likely N-dealkylation sites (N-methyl/N-ethyl adjacent to an activating group) is 1. The summed E-state index contributed by atoms with van der Waals surface area (Å²) in [4.78, 5) is 38.6. The van der Waals surface area contributed by atoms with Gasteiger partial charge in [0.05, 0.1) is 6.54 Å². The molecular formula is C22H29N5O2. The highest BCUT2D eigenvalue weighted by Crippen LogP contribution is 2.39. The Hall–Kier alpha value is -2.83. The van der Waals surface area contributed by atoms with E-state index in [-0.39, 0.29) is 24.5 Å². The van der Waals surface area contributed by atoms with Crippen molar-refractivity contribution in [3.63, 3.8) is 0 Å². The fraction of sp³-hybridized carbons (Fsp3) is 0.500. The largest absolute Gasteiger partial charge is 0.328 e. The number of rotatable bonds is 4. The molecular weight excluding hydrogens is 366 g/mol. The predicted octanol–water partition coefficient (Wildman–Crippen LogP) is 3.12. The summed E-state index contributed by atoms with van der Waals surface area (Å²) in [6.45, 7) is 10.7. The van der Waals surface area contributed by atoms with Gasteiger partial charge < -0.3 is 9.80 Å². The fourth-order valence-electron chi connectivity index (χ4n) is 4.49. The van der Waals surface area contributed by atoms with Crippen molar-refractivity contribution < 1.29 is 9.59 Å². The first kappa shape index (κ1) is 19.5. The molecule has 3 aliphatic heterocycles. The summed E-state index contributed by atoms with van der Waals surface area (Å²) in [5, 5.41) is 0. The van der Waals surface area contributed by atoms with E-state index in [4.69, 9.17) is 4.99 Å². The van der Waals surface area contributed by atoms with Crippen molar-refractivity contribution in [3.05, 3.63) is 46.8 Å². The molecule has 7 nitrogen and oxygen atoms in total. The van der Waals surface area contributed by atoms with Gasteiger partial charge in [-0.3, -0.25) is 14.6 Å². The molecule has 3 amide bonds. The van der Waals surface area contributed by atoms with Crippen LogP contribution >= 0.6 is 0 Å². The first-order chi connectivity index (χ1) is 13.8. The Morgan fingerprint density at radius 1 is 1.14 bits per heavy atom. The van der Waals surface area contributed by atoms with Crippen LogP contribution in [0.1, 0.15) is 45.2 Å². The topological polar surface area (TPSA) is 59.5 Å². The minimum Gasteiger partial charge on any atom is -0.312 e. The highest BCUT2D eigenvalue weighted by Gasteiger charge is 2.56. The lowest BCUT2D eigenvalue weighted by Gasteiger charge is -2.40. The average molecular weight is 396 g/mol. The number of hydrogen-bond donors (Lipinski definition) is 0. The lowest BCUT2D eigenvalue weighted by atomic mass is 10.1. The van der Waals surface area contributed by atoms with E-state index in [9.17, 15) is 9.59 Å². The maximum atomic E-state index is 13.5. The van der Waals surface area contributed by atoms with E-state index in [0.717, 1.165) is 34.9 Å². The molecule has 3 atom stereocenters. The monoisotopic (exact) mass is 395 g/mol. The molecule has 0 radical (unpaired) electrons. The standard InChI is InChI=1S/C22H29N5O2/c1-7-14(3)26-15(4)16(5)27-18-19(23-21(26)27)24(6)22(29)25(20(18)28)12-17-10-8-9-13(2)11-17/h8-11,14,18-19H,7,12H2,1-6H3. The molecule has 0 bridgehead atoms. The molecule has 0 saturated carbocycles. The molecule has 0 aromatic heterocycles. The molecule has 154 valence electrons. The molecule has 7 heteroatoms. The summed E-state index contributed by atoms with van der Waals surface area (Å²) >= 11 is 0. The minimum atomic E-state index is -0.512. The van der Waals surface area contributed by atoms with Crippen LogP contribution in [-0.2, 0) is 11.3 Å². The molecule has 1 aromatic rings. The second-order valence-electron chi connectivity index (χ2n) is 8.26. The van der Waals surface area contributed by atoms with Crippen LogP contribution < -0.4 is 0 Å². The van der Waals surface area contributed by atoms with Gasteiger partial charge in [-0.05, 0) is 39.7 Å². The van der Waals surface area contributed by atoms with Gasteiger partial charge in [0.15, 0.2) is 12.2 Å². The third-order valence-corrected chi connectivity index (χ3v) is 6.39. The highest BCUT2D eigenvalue weighted by atomic mass is 16.2. The number of carbonyl (C=O) groups is 2. The molecule has 0 spiro atoms. The summed E-state index contributed by atoms with van der Waals surface area (Å²) in [5.41, 5.74) is 4.20. The Morgan fingerprint density at radius 3 is 2.52 bits per heavy atom. The highest BCUT2D eigenvalue weighted by molar-refractivity contribution is 6.05. The van der Waals surface area contributed by atoms with Crippen molar-refractivity contribution in [3.8, 4) is 0 Å².